The molecule has 0 bridgehead atoms. The fraction of sp³-hybridized carbons (Fsp3) is 0.881. The average molecular weight is 813 g/mol. The van der Waals surface area contributed by atoms with Crippen molar-refractivity contribution in [3.05, 3.63) is 23.8 Å². The van der Waals surface area contributed by atoms with Gasteiger partial charge < -0.3 is 70.0 Å². The van der Waals surface area contributed by atoms with Crippen LogP contribution in [0.4, 0.5) is 0 Å². The molecular weight excluding hydrogens is 744 g/mol. The second-order valence-corrected chi connectivity index (χ2v) is 20.1. The van der Waals surface area contributed by atoms with E-state index in [-0.39, 0.29) is 24.0 Å². The zero-order valence-corrected chi connectivity index (χ0v) is 34.7. The van der Waals surface area contributed by atoms with E-state index in [1.165, 1.54) is 26.0 Å². The summed E-state index contributed by atoms with van der Waals surface area (Å²) in [6.07, 6.45) is -10.7. The molecule has 15 heteroatoms. The van der Waals surface area contributed by atoms with E-state index in [9.17, 15) is 55.9 Å². The van der Waals surface area contributed by atoms with Crippen LogP contribution in [0.1, 0.15) is 94.4 Å². The van der Waals surface area contributed by atoms with Gasteiger partial charge in [-0.3, -0.25) is 4.79 Å². The van der Waals surface area contributed by atoms with Crippen molar-refractivity contribution in [1.29, 1.82) is 0 Å². The quantitative estimate of drug-likeness (QED) is 0.140. The molecule has 2 aliphatic heterocycles. The van der Waals surface area contributed by atoms with E-state index in [4.69, 9.17) is 18.9 Å². The van der Waals surface area contributed by atoms with Crippen LogP contribution in [0.2, 0.25) is 0 Å². The van der Waals surface area contributed by atoms with Crippen molar-refractivity contribution < 1.29 is 74.8 Å². The Balaban J connectivity index is 1.28. The zero-order chi connectivity index (χ0) is 42.6. The van der Waals surface area contributed by atoms with Gasteiger partial charge in [-0.2, -0.15) is 0 Å². The lowest BCUT2D eigenvalue weighted by atomic mass is 9.38. The fourth-order valence-electron chi connectivity index (χ4n) is 12.2. The number of aliphatic hydroxyl groups excluding tert-OH is 8. The van der Waals surface area contributed by atoms with Crippen molar-refractivity contribution >= 4 is 5.78 Å². The maximum absolute atomic E-state index is 14.9. The van der Waals surface area contributed by atoms with Crippen molar-refractivity contribution in [3.8, 4) is 0 Å². The number of ketones is 1. The molecule has 0 aromatic heterocycles. The molecule has 20 atom stereocenters. The van der Waals surface area contributed by atoms with Crippen molar-refractivity contribution in [2.45, 2.75) is 185 Å². The molecule has 4 aliphatic carbocycles. The zero-order valence-electron chi connectivity index (χ0n) is 34.7. The Hall–Kier alpha value is -1.41. The first-order chi connectivity index (χ1) is 26.2. The predicted octanol–water partition coefficient (Wildman–Crippen LogP) is 0.217. The summed E-state index contributed by atoms with van der Waals surface area (Å²) in [6, 6.07) is 0. The Kier molecular flexibility index (Phi) is 12.0. The molecule has 3 saturated carbocycles. The number of hydrogen-bond acceptors (Lipinski definition) is 15. The summed E-state index contributed by atoms with van der Waals surface area (Å²) in [5.41, 5.74) is -5.10. The van der Waals surface area contributed by atoms with Gasteiger partial charge in [-0.05, 0) is 76.0 Å². The number of hydrogen-bond donors (Lipinski definition) is 10. The predicted molar refractivity (Wildman–Crippen MR) is 203 cm³/mol. The summed E-state index contributed by atoms with van der Waals surface area (Å²) in [5.74, 6) is -1.24. The molecule has 2 heterocycles. The summed E-state index contributed by atoms with van der Waals surface area (Å²) < 4.78 is 24.2. The van der Waals surface area contributed by atoms with Crippen LogP contribution in [-0.2, 0) is 23.7 Å². The van der Waals surface area contributed by atoms with E-state index in [2.05, 4.69) is 13.0 Å². The molecule has 326 valence electrons. The standard InChI is InChI=1S/C42H68O15/c1-19-28(47)30(49)32(51)35(54-19)57-33-31(50)29(48)23(18-43)55-36(33)56-27-13-11-21-20(38(27,4)5)10-12-24-39(6)16-22(44)34(40(39,7)17-26(46)41(21,24)8)42(9,53)25(45)14-15-37(2,3)52/h10,14-15,19,21-25,27-36,43-45,47-53H,11-13,16-18H2,1-9H3/b15-14+/t19-,21+,22+,23+,24-,25-,27+,28-,29+,30+,31-,32+,33+,34-,35-,36-,39-,40+,41-,42-/m0/s1. The Morgan fingerprint density at radius 1 is 0.877 bits per heavy atom. The number of aliphatic hydroxyl groups is 10. The minimum absolute atomic E-state index is 0.0224. The summed E-state index contributed by atoms with van der Waals surface area (Å²) >= 11 is 0. The molecule has 0 aromatic rings. The molecule has 0 radical (unpaired) electrons. The number of ether oxygens (including phenoxy) is 4. The highest BCUT2D eigenvalue weighted by Gasteiger charge is 2.74. The van der Waals surface area contributed by atoms with Gasteiger partial charge in [-0.25, -0.2) is 0 Å². The molecule has 6 rings (SSSR count). The molecule has 2 saturated heterocycles. The second kappa shape index (κ2) is 15.2. The average Bonchev–Trinajstić information content (AvgIpc) is 3.32. The first kappa shape index (κ1) is 45.1. The largest absolute Gasteiger partial charge is 0.394 e. The van der Waals surface area contributed by atoms with E-state index < -0.39 is 125 Å². The molecule has 0 unspecified atom stereocenters. The van der Waals surface area contributed by atoms with E-state index in [1.807, 2.05) is 27.7 Å². The lowest BCUT2D eigenvalue weighted by Gasteiger charge is -2.65. The molecule has 57 heavy (non-hydrogen) atoms. The summed E-state index contributed by atoms with van der Waals surface area (Å²) in [5, 5.41) is 109. The lowest BCUT2D eigenvalue weighted by molar-refractivity contribution is -0.372. The highest BCUT2D eigenvalue weighted by molar-refractivity contribution is 5.88. The molecule has 10 N–H and O–H groups in total. The topological polar surface area (TPSA) is 256 Å². The Morgan fingerprint density at radius 3 is 2.14 bits per heavy atom. The molecule has 0 spiro atoms. The van der Waals surface area contributed by atoms with Crippen molar-refractivity contribution in [2.75, 3.05) is 6.61 Å². The third-order valence-electron chi connectivity index (χ3n) is 15.7. The second-order valence-electron chi connectivity index (χ2n) is 20.1. The van der Waals surface area contributed by atoms with E-state index in [1.54, 1.807) is 13.8 Å². The van der Waals surface area contributed by atoms with Gasteiger partial charge in [0.25, 0.3) is 0 Å². The highest BCUT2D eigenvalue weighted by atomic mass is 16.8. The van der Waals surface area contributed by atoms with Crippen molar-refractivity contribution in [3.63, 3.8) is 0 Å². The first-order valence-corrected chi connectivity index (χ1v) is 20.6. The number of carbonyl (C=O) groups excluding carboxylic acids is 1. The van der Waals surface area contributed by atoms with Crippen molar-refractivity contribution in [2.24, 2.45) is 39.4 Å². The summed E-state index contributed by atoms with van der Waals surface area (Å²) in [7, 11) is 0. The van der Waals surface area contributed by atoms with Gasteiger partial charge in [0, 0.05) is 23.2 Å². The van der Waals surface area contributed by atoms with Gasteiger partial charge >= 0.3 is 0 Å². The summed E-state index contributed by atoms with van der Waals surface area (Å²) in [4.78, 5) is 14.9. The van der Waals surface area contributed by atoms with Gasteiger partial charge in [0.15, 0.2) is 12.6 Å². The van der Waals surface area contributed by atoms with Gasteiger partial charge in [0.05, 0.1) is 36.1 Å². The van der Waals surface area contributed by atoms with Gasteiger partial charge in [-0.1, -0.05) is 58.4 Å². The summed E-state index contributed by atoms with van der Waals surface area (Å²) in [6.45, 7) is 15.5. The lowest BCUT2D eigenvalue weighted by Crippen LogP contribution is -2.66. The number of Topliss-reactive ketones (excluding diaryl/α,β-unsaturated/α-hetero) is 1. The molecule has 15 nitrogen and oxygen atoms in total. The van der Waals surface area contributed by atoms with E-state index in [0.717, 1.165) is 5.57 Å². The van der Waals surface area contributed by atoms with Gasteiger partial charge in [0.1, 0.15) is 54.6 Å². The fourth-order valence-corrected chi connectivity index (χ4v) is 12.2. The van der Waals surface area contributed by atoms with Crippen LogP contribution in [0.5, 0.6) is 0 Å². The van der Waals surface area contributed by atoms with Crippen LogP contribution >= 0.6 is 0 Å². The maximum Gasteiger partial charge on any atom is 0.187 e. The SMILES string of the molecule is C[C@@H]1O[C@@H](O[C@H]2[C@H](O[C@@H]3CC[C@@H]4C(=CC[C@@H]5[C@@]4(C)C(=O)C[C@]4(C)[C@@H]([C@@](C)(O)[C@@H](O)/C=C/C(C)(C)O)[C@H](O)C[C@@]54C)C3(C)C)O[C@H](CO)[C@@H](O)[C@@H]2O)[C@H](O)[C@H](O)[C@H]1O. The molecule has 6 aliphatic rings. The Labute approximate surface area is 335 Å². The molecule has 0 aromatic carbocycles. The minimum atomic E-state index is -1.82. The van der Waals surface area contributed by atoms with Crippen molar-refractivity contribution in [1.82, 2.24) is 0 Å². The van der Waals surface area contributed by atoms with E-state index >= 15 is 0 Å². The van der Waals surface area contributed by atoms with Crippen LogP contribution in [0, 0.1) is 39.4 Å². The third-order valence-corrected chi connectivity index (χ3v) is 15.7. The normalized spacial score (nSPS) is 50.4. The van der Waals surface area contributed by atoms with Gasteiger partial charge in [0.2, 0.25) is 0 Å². The maximum atomic E-state index is 14.9. The highest BCUT2D eigenvalue weighted by Crippen LogP contribution is 2.74. The number of carbonyl (C=O) groups is 1. The smallest absolute Gasteiger partial charge is 0.187 e. The monoisotopic (exact) mass is 812 g/mol. The number of allylic oxidation sites excluding steroid dienone is 1. The first-order valence-electron chi connectivity index (χ1n) is 20.6. The number of rotatable bonds is 9. The van der Waals surface area contributed by atoms with Crippen LogP contribution in [-0.4, -0.2) is 154 Å². The van der Waals surface area contributed by atoms with Crippen LogP contribution in [0.15, 0.2) is 23.8 Å². The molecular formula is C42H68O15. The van der Waals surface area contributed by atoms with Gasteiger partial charge in [-0.15, -0.1) is 0 Å². The molecule has 0 amide bonds. The van der Waals surface area contributed by atoms with Crippen LogP contribution in [0.3, 0.4) is 0 Å². The minimum Gasteiger partial charge on any atom is -0.394 e. The Bertz CT molecular complexity index is 1560. The van der Waals surface area contributed by atoms with Crippen LogP contribution < -0.4 is 0 Å². The Morgan fingerprint density at radius 2 is 1.53 bits per heavy atom. The van der Waals surface area contributed by atoms with Crippen LogP contribution in [0.25, 0.3) is 0 Å². The van der Waals surface area contributed by atoms with E-state index in [0.29, 0.717) is 25.7 Å². The molecule has 5 fully saturated rings. The number of fused-ring (bicyclic) bond motifs is 5. The third kappa shape index (κ3) is 7.12.